The molecule has 1 heterocycles. The third kappa shape index (κ3) is 4.50. The molecule has 0 aliphatic carbocycles. The van der Waals surface area contributed by atoms with Crippen LogP contribution in [0.4, 0.5) is 16.2 Å². The summed E-state index contributed by atoms with van der Waals surface area (Å²) in [7, 11) is -3.36. The van der Waals surface area contributed by atoms with E-state index in [2.05, 4.69) is 0 Å². The van der Waals surface area contributed by atoms with Gasteiger partial charge in [-0.15, -0.1) is 0 Å². The van der Waals surface area contributed by atoms with E-state index in [0.717, 1.165) is 11.1 Å². The molecule has 0 saturated carbocycles. The average Bonchev–Trinajstić information content (AvgIpc) is 2.72. The topological polar surface area (TPSA) is 84.0 Å². The van der Waals surface area contributed by atoms with Crippen LogP contribution in [-0.4, -0.2) is 44.4 Å². The Morgan fingerprint density at radius 3 is 2.09 bits per heavy atom. The molecular formula is C24H30N2O5S. The first-order valence-electron chi connectivity index (χ1n) is 10.7. The van der Waals surface area contributed by atoms with E-state index in [9.17, 15) is 18.0 Å². The minimum absolute atomic E-state index is 0.105. The van der Waals surface area contributed by atoms with Crippen LogP contribution in [0.2, 0.25) is 0 Å². The van der Waals surface area contributed by atoms with Crippen LogP contribution < -0.4 is 9.80 Å². The minimum atomic E-state index is -3.36. The Labute approximate surface area is 189 Å². The first-order valence-corrected chi connectivity index (χ1v) is 12.2. The number of carbonyl (C=O) groups is 2. The summed E-state index contributed by atoms with van der Waals surface area (Å²) in [5, 5.41) is -0.503. The Morgan fingerprint density at radius 1 is 0.969 bits per heavy atom. The number of nitrogens with zero attached hydrogens (tertiary/aromatic N) is 2. The highest BCUT2D eigenvalue weighted by Gasteiger charge is 2.34. The van der Waals surface area contributed by atoms with Gasteiger partial charge in [-0.3, -0.25) is 9.69 Å². The number of rotatable bonds is 4. The van der Waals surface area contributed by atoms with Gasteiger partial charge in [0.05, 0.1) is 33.7 Å². The number of amides is 2. The molecule has 3 rings (SSSR count). The van der Waals surface area contributed by atoms with Crippen molar-refractivity contribution in [1.82, 2.24) is 0 Å². The Hall–Kier alpha value is -2.87. The molecule has 0 spiro atoms. The molecule has 32 heavy (non-hydrogen) atoms. The second-order valence-corrected chi connectivity index (χ2v) is 11.1. The number of hydrogen-bond acceptors (Lipinski definition) is 5. The van der Waals surface area contributed by atoms with Crippen molar-refractivity contribution >= 4 is 33.2 Å². The van der Waals surface area contributed by atoms with E-state index in [4.69, 9.17) is 4.74 Å². The van der Waals surface area contributed by atoms with Gasteiger partial charge in [-0.25, -0.2) is 13.2 Å². The molecule has 0 radical (unpaired) electrons. The minimum Gasteiger partial charge on any atom is -0.446 e. The molecule has 0 bridgehead atoms. The van der Waals surface area contributed by atoms with Gasteiger partial charge in [0.2, 0.25) is 5.91 Å². The summed E-state index contributed by atoms with van der Waals surface area (Å²) in [6, 6.07) is 12.0. The molecule has 2 aromatic carbocycles. The zero-order valence-electron chi connectivity index (χ0n) is 19.3. The summed E-state index contributed by atoms with van der Waals surface area (Å²) in [4.78, 5) is 28.6. The van der Waals surface area contributed by atoms with Crippen molar-refractivity contribution in [3.05, 3.63) is 42.5 Å². The van der Waals surface area contributed by atoms with Crippen LogP contribution in [0.3, 0.4) is 0 Å². The Balaban J connectivity index is 2.06. The second-order valence-electron chi connectivity index (χ2n) is 8.60. The summed E-state index contributed by atoms with van der Waals surface area (Å²) >= 11 is 0. The Kier molecular flexibility index (Phi) is 6.64. The second kappa shape index (κ2) is 8.94. The van der Waals surface area contributed by atoms with Crippen molar-refractivity contribution in [3.8, 4) is 11.1 Å². The summed E-state index contributed by atoms with van der Waals surface area (Å²) in [5.41, 5.74) is 2.83. The monoisotopic (exact) mass is 458 g/mol. The maximum atomic E-state index is 12.8. The molecule has 8 heteroatoms. The summed E-state index contributed by atoms with van der Waals surface area (Å²) in [6.45, 7) is 10.6. The van der Waals surface area contributed by atoms with Crippen LogP contribution >= 0.6 is 0 Å². The molecular weight excluding hydrogens is 428 g/mol. The van der Waals surface area contributed by atoms with E-state index in [1.54, 1.807) is 61.8 Å². The van der Waals surface area contributed by atoms with Crippen LogP contribution in [-0.2, 0) is 19.4 Å². The quantitative estimate of drug-likeness (QED) is 0.666. The van der Waals surface area contributed by atoms with Gasteiger partial charge in [-0.1, -0.05) is 18.2 Å². The Bertz CT molecular complexity index is 1120. The van der Waals surface area contributed by atoms with Gasteiger partial charge >= 0.3 is 6.09 Å². The molecule has 7 nitrogen and oxygen atoms in total. The van der Waals surface area contributed by atoms with Crippen LogP contribution in [0.15, 0.2) is 47.4 Å². The van der Waals surface area contributed by atoms with Gasteiger partial charge in [0, 0.05) is 13.5 Å². The molecule has 1 aliphatic rings. The van der Waals surface area contributed by atoms with Gasteiger partial charge in [0.1, 0.15) is 0 Å². The zero-order chi connectivity index (χ0) is 23.8. The van der Waals surface area contributed by atoms with Crippen LogP contribution in [0.5, 0.6) is 0 Å². The first-order chi connectivity index (χ1) is 14.9. The van der Waals surface area contributed by atoms with Crippen LogP contribution in [0.1, 0.15) is 41.5 Å². The molecule has 2 aromatic rings. The van der Waals surface area contributed by atoms with Crippen molar-refractivity contribution in [2.45, 2.75) is 63.8 Å². The van der Waals surface area contributed by atoms with E-state index in [-0.39, 0.29) is 22.9 Å². The smallest absolute Gasteiger partial charge is 0.414 e. The normalized spacial score (nSPS) is 16.3. The first kappa shape index (κ1) is 23.8. The molecule has 0 saturated heterocycles. The third-order valence-electron chi connectivity index (χ3n) is 5.45. The fourth-order valence-electron chi connectivity index (χ4n) is 3.83. The van der Waals surface area contributed by atoms with Crippen LogP contribution in [0.25, 0.3) is 11.1 Å². The maximum absolute atomic E-state index is 12.8. The summed E-state index contributed by atoms with van der Waals surface area (Å²) in [5.74, 6) is -0.105. The molecule has 0 aromatic heterocycles. The highest BCUT2D eigenvalue weighted by molar-refractivity contribution is 7.92. The predicted molar refractivity (Wildman–Crippen MR) is 126 cm³/mol. The lowest BCUT2D eigenvalue weighted by Gasteiger charge is -2.40. The van der Waals surface area contributed by atoms with E-state index in [1.165, 1.54) is 6.92 Å². The van der Waals surface area contributed by atoms with Gasteiger partial charge in [0.15, 0.2) is 9.84 Å². The predicted octanol–water partition coefficient (Wildman–Crippen LogP) is 4.64. The number of hydrogen-bond donors (Lipinski definition) is 0. The number of anilines is 2. The number of carbonyl (C=O) groups excluding carboxylic acids is 2. The fraction of sp³-hybridized carbons (Fsp3) is 0.417. The van der Waals surface area contributed by atoms with E-state index in [0.29, 0.717) is 17.9 Å². The van der Waals surface area contributed by atoms with E-state index in [1.807, 2.05) is 25.1 Å². The van der Waals surface area contributed by atoms with Crippen molar-refractivity contribution in [1.29, 1.82) is 0 Å². The van der Waals surface area contributed by atoms with Crippen molar-refractivity contribution in [3.63, 3.8) is 0 Å². The fourth-order valence-corrected chi connectivity index (χ4v) is 4.89. The van der Waals surface area contributed by atoms with Gasteiger partial charge in [-0.05, 0) is 70.0 Å². The van der Waals surface area contributed by atoms with Crippen molar-refractivity contribution in [2.75, 3.05) is 16.3 Å². The highest BCUT2D eigenvalue weighted by atomic mass is 32.2. The molecule has 0 N–H and O–H groups in total. The Morgan fingerprint density at radius 2 is 1.56 bits per heavy atom. The number of ether oxygens (including phenoxy) is 1. The number of benzene rings is 2. The maximum Gasteiger partial charge on any atom is 0.414 e. The standard InChI is InChI=1S/C24H30N2O5S/c1-15(2)31-24(28)25-14-17(5)26(18(6)27)22-12-9-20(13-23(22)25)19-7-10-21(11-8-19)32(29,30)16(3)4/h7-13,15-17H,14H2,1-6H3. The van der Waals surface area contributed by atoms with Gasteiger partial charge < -0.3 is 9.64 Å². The lowest BCUT2D eigenvalue weighted by molar-refractivity contribution is -0.117. The largest absolute Gasteiger partial charge is 0.446 e. The van der Waals surface area contributed by atoms with E-state index < -0.39 is 21.2 Å². The molecule has 1 aliphatic heterocycles. The zero-order valence-corrected chi connectivity index (χ0v) is 20.1. The highest BCUT2D eigenvalue weighted by Crippen LogP contribution is 2.39. The van der Waals surface area contributed by atoms with Gasteiger partial charge in [0.25, 0.3) is 0 Å². The molecule has 1 unspecified atom stereocenters. The molecule has 1 atom stereocenters. The lowest BCUT2D eigenvalue weighted by Crippen LogP contribution is -2.51. The van der Waals surface area contributed by atoms with Gasteiger partial charge in [-0.2, -0.15) is 0 Å². The van der Waals surface area contributed by atoms with E-state index >= 15 is 0 Å². The number of sulfone groups is 1. The van der Waals surface area contributed by atoms with Crippen LogP contribution in [0, 0.1) is 0 Å². The lowest BCUT2D eigenvalue weighted by atomic mass is 10.0. The van der Waals surface area contributed by atoms with Crippen molar-refractivity contribution < 1.29 is 22.7 Å². The number of fused-ring (bicyclic) bond motifs is 1. The summed E-state index contributed by atoms with van der Waals surface area (Å²) in [6.07, 6.45) is -0.738. The average molecular weight is 459 g/mol. The molecule has 172 valence electrons. The molecule has 2 amide bonds. The SMILES string of the molecule is CC(=O)N1c2ccc(-c3ccc(S(=O)(=O)C(C)C)cc3)cc2N(C(=O)OC(C)C)CC1C. The third-order valence-corrected chi connectivity index (χ3v) is 7.62. The van der Waals surface area contributed by atoms with Crippen molar-refractivity contribution in [2.24, 2.45) is 0 Å². The summed E-state index contributed by atoms with van der Waals surface area (Å²) < 4.78 is 30.3. The molecule has 0 fully saturated rings.